The monoisotopic (exact) mass is 350 g/mol. The highest BCUT2D eigenvalue weighted by Gasteiger charge is 2.70. The van der Waals surface area contributed by atoms with Crippen LogP contribution in [-0.4, -0.2) is 21.7 Å². The van der Waals surface area contributed by atoms with Gasteiger partial charge in [-0.05, 0) is 35.3 Å². The van der Waals surface area contributed by atoms with Crippen LogP contribution in [0.15, 0.2) is 21.7 Å². The number of nitrogens with zero attached hydrogens (tertiary/aromatic N) is 2. The van der Waals surface area contributed by atoms with E-state index in [9.17, 15) is 13.2 Å². The van der Waals surface area contributed by atoms with E-state index in [0.29, 0.717) is 10.9 Å². The highest BCUT2D eigenvalue weighted by atomic mass is 79.9. The normalized spacial score (nSPS) is 36.4. The summed E-state index contributed by atoms with van der Waals surface area (Å²) in [7, 11) is 0. The molecule has 0 amide bonds. The molecule has 0 saturated heterocycles. The number of fused-ring (bicyclic) bond motifs is 1. The van der Waals surface area contributed by atoms with Crippen LogP contribution in [0.25, 0.3) is 0 Å². The van der Waals surface area contributed by atoms with E-state index in [0.717, 1.165) is 11.8 Å². The second-order valence-corrected chi connectivity index (χ2v) is 7.13. The lowest BCUT2D eigenvalue weighted by Gasteiger charge is -2.32. The lowest BCUT2D eigenvalue weighted by Crippen LogP contribution is -2.34. The van der Waals surface area contributed by atoms with Gasteiger partial charge in [0.2, 0.25) is 5.95 Å². The summed E-state index contributed by atoms with van der Waals surface area (Å²) in [5.41, 5.74) is 0.726. The molecule has 2 heterocycles. The van der Waals surface area contributed by atoms with E-state index in [4.69, 9.17) is 0 Å². The van der Waals surface area contributed by atoms with Gasteiger partial charge in [-0.2, -0.15) is 4.39 Å². The summed E-state index contributed by atoms with van der Waals surface area (Å²) in [6, 6.07) is 1.57. The van der Waals surface area contributed by atoms with E-state index in [1.165, 1.54) is 11.7 Å². The summed E-state index contributed by atoms with van der Waals surface area (Å²) >= 11 is 4.29. The zero-order valence-corrected chi connectivity index (χ0v) is 12.3. The zero-order chi connectivity index (χ0) is 13.8. The van der Waals surface area contributed by atoms with Crippen LogP contribution in [-0.2, 0) is 5.54 Å². The van der Waals surface area contributed by atoms with Crippen molar-refractivity contribution in [2.24, 2.45) is 10.9 Å². The Balaban J connectivity index is 2.07. The third kappa shape index (κ3) is 1.85. The number of hydrogen-bond donors (Lipinski definition) is 0. The first kappa shape index (κ1) is 13.4. The highest BCUT2D eigenvalue weighted by molar-refractivity contribution is 9.10. The van der Waals surface area contributed by atoms with Crippen molar-refractivity contribution in [3.8, 4) is 0 Å². The van der Waals surface area contributed by atoms with Crippen molar-refractivity contribution < 1.29 is 13.2 Å². The number of hydrogen-bond acceptors (Lipinski definition) is 3. The van der Waals surface area contributed by atoms with Crippen LogP contribution in [0.4, 0.5) is 13.2 Å². The lowest BCUT2D eigenvalue weighted by atomic mass is 9.87. The molecule has 1 aromatic heterocycles. The summed E-state index contributed by atoms with van der Waals surface area (Å²) in [5, 5.41) is 0. The summed E-state index contributed by atoms with van der Waals surface area (Å²) in [6.07, 6.45) is -0.745. The summed E-state index contributed by atoms with van der Waals surface area (Å²) in [5.74, 6) is -1.01. The molecule has 2 aliphatic rings. The van der Waals surface area contributed by atoms with Gasteiger partial charge in [-0.1, -0.05) is 0 Å². The molecule has 19 heavy (non-hydrogen) atoms. The van der Waals surface area contributed by atoms with Crippen LogP contribution in [0.3, 0.4) is 0 Å². The van der Waals surface area contributed by atoms with E-state index in [-0.39, 0.29) is 11.5 Å². The molecule has 102 valence electrons. The van der Waals surface area contributed by atoms with Gasteiger partial charge in [0.15, 0.2) is 0 Å². The molecule has 1 aliphatic carbocycles. The predicted molar refractivity (Wildman–Crippen MR) is 72.2 cm³/mol. The minimum absolute atomic E-state index is 0.269. The molecular formula is C12H10BrF3N2S. The molecule has 7 heteroatoms. The van der Waals surface area contributed by atoms with E-state index < -0.39 is 22.7 Å². The molecule has 0 spiro atoms. The Kier molecular flexibility index (Phi) is 2.98. The van der Waals surface area contributed by atoms with Crippen molar-refractivity contribution in [3.05, 3.63) is 28.2 Å². The Hall–Kier alpha value is -0.560. The molecule has 0 aromatic carbocycles. The first-order valence-electron chi connectivity index (χ1n) is 5.71. The van der Waals surface area contributed by atoms with Crippen LogP contribution in [0.2, 0.25) is 0 Å². The fourth-order valence-electron chi connectivity index (χ4n) is 2.72. The van der Waals surface area contributed by atoms with Gasteiger partial charge in [-0.3, -0.25) is 4.99 Å². The van der Waals surface area contributed by atoms with Crippen molar-refractivity contribution in [2.45, 2.75) is 30.1 Å². The molecule has 3 rings (SSSR count). The van der Waals surface area contributed by atoms with Gasteiger partial charge in [0.05, 0.1) is 15.8 Å². The van der Waals surface area contributed by atoms with Crippen LogP contribution in [0.1, 0.15) is 18.9 Å². The number of halogens is 4. The van der Waals surface area contributed by atoms with Crippen molar-refractivity contribution in [3.63, 3.8) is 0 Å². The minimum Gasteiger partial charge on any atom is -0.275 e. The average Bonchev–Trinajstić information content (AvgIpc) is 3.10. The minimum atomic E-state index is -2.43. The SMILES string of the molecule is C[C@]1(c2cc(Br)cnc2F)N=CS[C@@]2(C(F)F)C[C@@H]12. The molecule has 0 radical (unpaired) electrons. The van der Waals surface area contributed by atoms with Crippen molar-refractivity contribution >= 4 is 33.2 Å². The molecular weight excluding hydrogens is 341 g/mol. The van der Waals surface area contributed by atoms with E-state index >= 15 is 0 Å². The van der Waals surface area contributed by atoms with Gasteiger partial charge in [-0.15, -0.1) is 11.8 Å². The third-order valence-electron chi connectivity index (χ3n) is 3.94. The quantitative estimate of drug-likeness (QED) is 0.753. The fourth-order valence-corrected chi connectivity index (χ4v) is 4.27. The summed E-state index contributed by atoms with van der Waals surface area (Å²) < 4.78 is 39.8. The zero-order valence-electron chi connectivity index (χ0n) is 9.91. The highest BCUT2D eigenvalue weighted by Crippen LogP contribution is 2.67. The molecule has 1 aliphatic heterocycles. The Bertz CT molecular complexity index is 568. The predicted octanol–water partition coefficient (Wildman–Crippen LogP) is 4.00. The Morgan fingerprint density at radius 1 is 1.53 bits per heavy atom. The summed E-state index contributed by atoms with van der Waals surface area (Å²) in [6.45, 7) is 1.70. The largest absolute Gasteiger partial charge is 0.275 e. The molecule has 3 atom stereocenters. The number of pyridine rings is 1. The van der Waals surface area contributed by atoms with Gasteiger partial charge < -0.3 is 0 Å². The second-order valence-electron chi connectivity index (χ2n) is 5.00. The molecule has 0 unspecified atom stereocenters. The first-order valence-corrected chi connectivity index (χ1v) is 7.38. The standard InChI is InChI=1S/C12H10BrF3N2S/c1-11(7-2-6(13)4-17-9(7)14)8-3-12(8,10(15)16)19-5-18-11/h2,4-5,8,10H,3H2,1H3/t8-,11+,12-/m0/s1. The third-order valence-corrected chi connectivity index (χ3v) is 5.66. The number of alkyl halides is 2. The molecule has 2 nitrogen and oxygen atoms in total. The van der Waals surface area contributed by atoms with E-state index in [2.05, 4.69) is 25.9 Å². The van der Waals surface area contributed by atoms with Crippen LogP contribution in [0.5, 0.6) is 0 Å². The van der Waals surface area contributed by atoms with Crippen LogP contribution >= 0.6 is 27.7 Å². The topological polar surface area (TPSA) is 25.2 Å². The van der Waals surface area contributed by atoms with Crippen molar-refractivity contribution in [2.75, 3.05) is 0 Å². The van der Waals surface area contributed by atoms with Gasteiger partial charge in [0.25, 0.3) is 6.43 Å². The van der Waals surface area contributed by atoms with Crippen LogP contribution in [0, 0.1) is 11.9 Å². The Labute approximate surface area is 121 Å². The maximum atomic E-state index is 13.9. The summed E-state index contributed by atoms with van der Waals surface area (Å²) in [4.78, 5) is 7.93. The fraction of sp³-hybridized carbons (Fsp3) is 0.500. The van der Waals surface area contributed by atoms with Gasteiger partial charge >= 0.3 is 0 Å². The number of aliphatic imine (C=N–C) groups is 1. The number of aromatic nitrogens is 1. The van der Waals surface area contributed by atoms with Gasteiger partial charge in [0, 0.05) is 22.2 Å². The van der Waals surface area contributed by atoms with Gasteiger partial charge in [0.1, 0.15) is 0 Å². The van der Waals surface area contributed by atoms with Crippen molar-refractivity contribution in [1.29, 1.82) is 0 Å². The Morgan fingerprint density at radius 2 is 2.26 bits per heavy atom. The molecule has 1 aromatic rings. The average molecular weight is 351 g/mol. The van der Waals surface area contributed by atoms with E-state index in [1.807, 2.05) is 0 Å². The first-order chi connectivity index (χ1) is 8.90. The number of rotatable bonds is 2. The van der Waals surface area contributed by atoms with Crippen LogP contribution < -0.4 is 0 Å². The molecule has 0 N–H and O–H groups in total. The van der Waals surface area contributed by atoms with Gasteiger partial charge in [-0.25, -0.2) is 13.8 Å². The second kappa shape index (κ2) is 4.22. The van der Waals surface area contributed by atoms with Crippen molar-refractivity contribution in [1.82, 2.24) is 4.98 Å². The maximum Gasteiger partial charge on any atom is 0.253 e. The smallest absolute Gasteiger partial charge is 0.253 e. The maximum absolute atomic E-state index is 13.9. The molecule has 0 bridgehead atoms. The molecule has 1 saturated carbocycles. The number of thioether (sulfide) groups is 1. The van der Waals surface area contributed by atoms with E-state index in [1.54, 1.807) is 13.0 Å². The Morgan fingerprint density at radius 3 is 2.95 bits per heavy atom. The molecule has 1 fully saturated rings. The lowest BCUT2D eigenvalue weighted by molar-refractivity contribution is 0.124.